The highest BCUT2D eigenvalue weighted by Gasteiger charge is 2.37. The van der Waals surface area contributed by atoms with E-state index in [2.05, 4.69) is 24.1 Å². The Labute approximate surface area is 115 Å². The van der Waals surface area contributed by atoms with Crippen molar-refractivity contribution in [1.82, 2.24) is 4.90 Å². The fraction of sp³-hybridized carbons (Fsp3) is 0.533. The van der Waals surface area contributed by atoms with Crippen molar-refractivity contribution in [3.63, 3.8) is 0 Å². The molecule has 1 unspecified atom stereocenters. The molecular formula is C15H23N3O. The first-order chi connectivity index (χ1) is 8.92. The Bertz CT molecular complexity index is 470. The predicted octanol–water partition coefficient (Wildman–Crippen LogP) is 2.47. The summed E-state index contributed by atoms with van der Waals surface area (Å²) < 4.78 is 0. The minimum Gasteiger partial charge on any atom is -0.397 e. The van der Waals surface area contributed by atoms with Gasteiger partial charge in [0.25, 0.3) is 0 Å². The van der Waals surface area contributed by atoms with Gasteiger partial charge in [-0.2, -0.15) is 0 Å². The van der Waals surface area contributed by atoms with Crippen LogP contribution in [0.5, 0.6) is 0 Å². The van der Waals surface area contributed by atoms with Crippen molar-refractivity contribution in [1.29, 1.82) is 0 Å². The monoisotopic (exact) mass is 261 g/mol. The van der Waals surface area contributed by atoms with Crippen molar-refractivity contribution in [3.8, 4) is 0 Å². The molecule has 0 aliphatic carbocycles. The summed E-state index contributed by atoms with van der Waals surface area (Å²) in [6, 6.07) is 7.21. The molecular weight excluding hydrogens is 238 g/mol. The topological polar surface area (TPSA) is 58.4 Å². The van der Waals surface area contributed by atoms with E-state index in [4.69, 9.17) is 5.73 Å². The number of carbonyl (C=O) groups is 1. The average Bonchev–Trinajstić information content (AvgIpc) is 2.71. The molecule has 0 radical (unpaired) electrons. The molecule has 0 spiro atoms. The molecule has 104 valence electrons. The standard InChI is InChI=1S/C15H23N3O/c1-11(18-10-6-9-15(18,2)3)14(19)17-13-8-5-4-7-12(13)16/h4-5,7-8,11H,6,9-10,16H2,1-3H3,(H,17,19). The van der Waals surface area contributed by atoms with Crippen LogP contribution in [0.2, 0.25) is 0 Å². The molecule has 4 heteroatoms. The van der Waals surface area contributed by atoms with E-state index in [1.165, 1.54) is 0 Å². The number of hydrogen-bond donors (Lipinski definition) is 2. The zero-order valence-electron chi connectivity index (χ0n) is 11.9. The van der Waals surface area contributed by atoms with Crippen LogP contribution in [0.1, 0.15) is 33.6 Å². The van der Waals surface area contributed by atoms with Crippen LogP contribution in [0, 0.1) is 0 Å². The molecule has 0 saturated carbocycles. The third kappa shape index (κ3) is 2.89. The van der Waals surface area contributed by atoms with E-state index >= 15 is 0 Å². The van der Waals surface area contributed by atoms with Gasteiger partial charge in [-0.1, -0.05) is 12.1 Å². The molecule has 1 atom stereocenters. The summed E-state index contributed by atoms with van der Waals surface area (Å²) in [6.45, 7) is 7.33. The average molecular weight is 261 g/mol. The van der Waals surface area contributed by atoms with E-state index in [1.807, 2.05) is 25.1 Å². The van der Waals surface area contributed by atoms with Crippen molar-refractivity contribution in [2.24, 2.45) is 0 Å². The third-order valence-corrected chi connectivity index (χ3v) is 4.03. The van der Waals surface area contributed by atoms with E-state index in [1.54, 1.807) is 6.07 Å². The summed E-state index contributed by atoms with van der Waals surface area (Å²) in [6.07, 6.45) is 2.29. The highest BCUT2D eigenvalue weighted by atomic mass is 16.2. The van der Waals surface area contributed by atoms with Gasteiger partial charge < -0.3 is 11.1 Å². The molecule has 1 aliphatic heterocycles. The predicted molar refractivity (Wildman–Crippen MR) is 79.0 cm³/mol. The maximum atomic E-state index is 12.3. The van der Waals surface area contributed by atoms with Gasteiger partial charge in [0.1, 0.15) is 0 Å². The van der Waals surface area contributed by atoms with Gasteiger partial charge in [0, 0.05) is 5.54 Å². The molecule has 1 amide bonds. The summed E-state index contributed by atoms with van der Waals surface area (Å²) in [4.78, 5) is 14.6. The third-order valence-electron chi connectivity index (χ3n) is 4.03. The van der Waals surface area contributed by atoms with Gasteiger partial charge in [-0.25, -0.2) is 0 Å². The lowest BCUT2D eigenvalue weighted by atomic mass is 10.0. The van der Waals surface area contributed by atoms with Crippen LogP contribution in [0.25, 0.3) is 0 Å². The Hall–Kier alpha value is -1.55. The summed E-state index contributed by atoms with van der Waals surface area (Å²) in [5.41, 5.74) is 7.24. The van der Waals surface area contributed by atoms with Gasteiger partial charge in [0.2, 0.25) is 5.91 Å². The largest absolute Gasteiger partial charge is 0.397 e. The maximum Gasteiger partial charge on any atom is 0.241 e. The summed E-state index contributed by atoms with van der Waals surface area (Å²) in [5, 5.41) is 2.92. The second-order valence-corrected chi connectivity index (χ2v) is 5.86. The number of carbonyl (C=O) groups excluding carboxylic acids is 1. The molecule has 1 aromatic carbocycles. The molecule has 4 nitrogen and oxygen atoms in total. The fourth-order valence-corrected chi connectivity index (χ4v) is 2.84. The molecule has 0 aromatic heterocycles. The van der Waals surface area contributed by atoms with Gasteiger partial charge in [-0.3, -0.25) is 9.69 Å². The molecule has 19 heavy (non-hydrogen) atoms. The summed E-state index contributed by atoms with van der Waals surface area (Å²) in [7, 11) is 0. The molecule has 1 aliphatic rings. The number of nitrogens with two attached hydrogens (primary N) is 1. The Balaban J connectivity index is 2.06. The van der Waals surface area contributed by atoms with Gasteiger partial charge in [0.05, 0.1) is 17.4 Å². The SMILES string of the molecule is CC(C(=O)Nc1ccccc1N)N1CCCC1(C)C. The van der Waals surface area contributed by atoms with Crippen LogP contribution in [-0.4, -0.2) is 28.9 Å². The molecule has 0 bridgehead atoms. The first kappa shape index (κ1) is 13.9. The molecule has 2 rings (SSSR count). The van der Waals surface area contributed by atoms with Crippen LogP contribution < -0.4 is 11.1 Å². The highest BCUT2D eigenvalue weighted by molar-refractivity contribution is 5.97. The lowest BCUT2D eigenvalue weighted by Gasteiger charge is -2.35. The Kier molecular flexibility index (Phi) is 3.80. The Morgan fingerprint density at radius 2 is 2.11 bits per heavy atom. The number of hydrogen-bond acceptors (Lipinski definition) is 3. The van der Waals surface area contributed by atoms with Gasteiger partial charge in [-0.15, -0.1) is 0 Å². The first-order valence-corrected chi connectivity index (χ1v) is 6.84. The lowest BCUT2D eigenvalue weighted by Crippen LogP contribution is -2.49. The Morgan fingerprint density at radius 3 is 2.68 bits per heavy atom. The molecule has 1 saturated heterocycles. The zero-order valence-corrected chi connectivity index (χ0v) is 11.9. The highest BCUT2D eigenvalue weighted by Crippen LogP contribution is 2.30. The van der Waals surface area contributed by atoms with E-state index in [0.717, 1.165) is 19.4 Å². The maximum absolute atomic E-state index is 12.3. The second-order valence-electron chi connectivity index (χ2n) is 5.86. The smallest absolute Gasteiger partial charge is 0.241 e. The van der Waals surface area contributed by atoms with Crippen LogP contribution in [-0.2, 0) is 4.79 Å². The number of para-hydroxylation sites is 2. The number of rotatable bonds is 3. The van der Waals surface area contributed by atoms with Crippen molar-refractivity contribution in [2.75, 3.05) is 17.6 Å². The molecule has 1 heterocycles. The number of nitrogens with zero attached hydrogens (tertiary/aromatic N) is 1. The fourth-order valence-electron chi connectivity index (χ4n) is 2.84. The quantitative estimate of drug-likeness (QED) is 0.822. The van der Waals surface area contributed by atoms with Crippen LogP contribution in [0.15, 0.2) is 24.3 Å². The molecule has 1 aromatic rings. The molecule has 1 fully saturated rings. The Morgan fingerprint density at radius 1 is 1.42 bits per heavy atom. The zero-order chi connectivity index (χ0) is 14.0. The van der Waals surface area contributed by atoms with E-state index in [9.17, 15) is 4.79 Å². The summed E-state index contributed by atoms with van der Waals surface area (Å²) >= 11 is 0. The van der Waals surface area contributed by atoms with Gasteiger partial charge in [-0.05, 0) is 52.3 Å². The summed E-state index contributed by atoms with van der Waals surface area (Å²) in [5.74, 6) is 0.00729. The number of anilines is 2. The minimum absolute atomic E-state index is 0.00729. The lowest BCUT2D eigenvalue weighted by molar-refractivity contribution is -0.122. The van der Waals surface area contributed by atoms with Crippen molar-refractivity contribution < 1.29 is 4.79 Å². The van der Waals surface area contributed by atoms with Crippen molar-refractivity contribution in [2.45, 2.75) is 45.2 Å². The van der Waals surface area contributed by atoms with Gasteiger partial charge >= 0.3 is 0 Å². The van der Waals surface area contributed by atoms with E-state index < -0.39 is 0 Å². The van der Waals surface area contributed by atoms with Crippen molar-refractivity contribution in [3.05, 3.63) is 24.3 Å². The van der Waals surface area contributed by atoms with E-state index in [-0.39, 0.29) is 17.5 Å². The van der Waals surface area contributed by atoms with Crippen molar-refractivity contribution >= 4 is 17.3 Å². The van der Waals surface area contributed by atoms with Gasteiger partial charge in [0.15, 0.2) is 0 Å². The van der Waals surface area contributed by atoms with E-state index in [0.29, 0.717) is 11.4 Å². The minimum atomic E-state index is -0.142. The number of amides is 1. The molecule has 3 N–H and O–H groups in total. The number of likely N-dealkylation sites (tertiary alicyclic amines) is 1. The van der Waals surface area contributed by atoms with Crippen LogP contribution in [0.3, 0.4) is 0 Å². The first-order valence-electron chi connectivity index (χ1n) is 6.84. The normalized spacial score (nSPS) is 20.2. The number of nitrogens with one attached hydrogen (secondary N) is 1. The van der Waals surface area contributed by atoms with Crippen LogP contribution >= 0.6 is 0 Å². The number of benzene rings is 1. The van der Waals surface area contributed by atoms with Crippen LogP contribution in [0.4, 0.5) is 11.4 Å². The second kappa shape index (κ2) is 5.21. The number of nitrogen functional groups attached to an aromatic ring is 1.